The number of amides is 2. The van der Waals surface area contributed by atoms with E-state index >= 15 is 0 Å². The topological polar surface area (TPSA) is 124 Å². The molecule has 2 aliphatic heterocycles. The third-order valence-electron chi connectivity index (χ3n) is 7.57. The summed E-state index contributed by atoms with van der Waals surface area (Å²) < 4.78 is 16.0. The maximum absolute atomic E-state index is 14.8. The van der Waals surface area contributed by atoms with Crippen LogP contribution in [-0.2, 0) is 9.59 Å². The van der Waals surface area contributed by atoms with Crippen LogP contribution < -0.4 is 15.8 Å². The van der Waals surface area contributed by atoms with Gasteiger partial charge in [0.05, 0.1) is 5.39 Å². The Hall–Kier alpha value is -4.48. The third kappa shape index (κ3) is 5.08. The molecule has 40 heavy (non-hydrogen) atoms. The van der Waals surface area contributed by atoms with Gasteiger partial charge in [0.25, 0.3) is 5.56 Å². The van der Waals surface area contributed by atoms with Crippen molar-refractivity contribution in [3.05, 3.63) is 58.8 Å². The van der Waals surface area contributed by atoms with Gasteiger partial charge in [-0.05, 0) is 44.0 Å². The van der Waals surface area contributed by atoms with Crippen LogP contribution in [0.4, 0.5) is 16.2 Å². The van der Waals surface area contributed by atoms with E-state index in [4.69, 9.17) is 4.98 Å². The molecule has 0 spiro atoms. The number of pyridine rings is 1. The van der Waals surface area contributed by atoms with Crippen LogP contribution >= 0.6 is 0 Å². The average Bonchev–Trinajstić information content (AvgIpc) is 2.94. The molecule has 12 heteroatoms. The Morgan fingerprint density at radius 1 is 1.10 bits per heavy atom. The highest BCUT2D eigenvalue weighted by Gasteiger charge is 2.27. The van der Waals surface area contributed by atoms with Gasteiger partial charge in [0.15, 0.2) is 5.82 Å². The smallest absolute Gasteiger partial charge is 0.282 e. The zero-order chi connectivity index (χ0) is 28.6. The van der Waals surface area contributed by atoms with Crippen molar-refractivity contribution in [3.8, 4) is 11.4 Å². The van der Waals surface area contributed by atoms with Gasteiger partial charge in [0.1, 0.15) is 22.8 Å². The van der Waals surface area contributed by atoms with Gasteiger partial charge >= 0.3 is 0 Å². The first-order chi connectivity index (χ1) is 19.2. The van der Waals surface area contributed by atoms with Crippen LogP contribution in [0.25, 0.3) is 16.6 Å². The standard InChI is InChI=1S/C28H32FN7O4/c1-4-23(39)34-12-14-35(15-13-34)26-20-16-17(2)36(25-21(29)6-5-7-22(25)38)27(40)24(20)31-28(32-26)30-19-8-10-33(11-9-19)18(3)37/h4-7,16,19,38H,1,8-15H2,2-3H3,(H,30,31,32). The Kier molecular flexibility index (Phi) is 7.42. The number of aromatic nitrogens is 3. The maximum atomic E-state index is 14.8. The number of carbonyl (C=O) groups is 2. The first kappa shape index (κ1) is 27.1. The number of hydrogen-bond acceptors (Lipinski definition) is 8. The van der Waals surface area contributed by atoms with Crippen molar-refractivity contribution < 1.29 is 19.1 Å². The molecule has 2 fully saturated rings. The second-order valence-corrected chi connectivity index (χ2v) is 10.1. The number of nitrogens with one attached hydrogen (secondary N) is 1. The number of nitrogens with zero attached hydrogens (tertiary/aromatic N) is 6. The summed E-state index contributed by atoms with van der Waals surface area (Å²) in [5.74, 6) is -0.433. The van der Waals surface area contributed by atoms with Crippen LogP contribution in [0, 0.1) is 12.7 Å². The lowest BCUT2D eigenvalue weighted by atomic mass is 10.1. The lowest BCUT2D eigenvalue weighted by Crippen LogP contribution is -2.48. The van der Waals surface area contributed by atoms with Crippen LogP contribution in [0.5, 0.6) is 5.75 Å². The van der Waals surface area contributed by atoms with Crippen molar-refractivity contribution in [2.24, 2.45) is 0 Å². The van der Waals surface area contributed by atoms with Crippen molar-refractivity contribution >= 4 is 34.5 Å². The van der Waals surface area contributed by atoms with Crippen molar-refractivity contribution in [2.75, 3.05) is 49.5 Å². The fraction of sp³-hybridized carbons (Fsp3) is 0.393. The van der Waals surface area contributed by atoms with E-state index in [-0.39, 0.29) is 40.8 Å². The quantitative estimate of drug-likeness (QED) is 0.465. The van der Waals surface area contributed by atoms with Gasteiger partial charge in [0, 0.05) is 57.9 Å². The first-order valence-corrected chi connectivity index (χ1v) is 13.3. The normalized spacial score (nSPS) is 16.3. The summed E-state index contributed by atoms with van der Waals surface area (Å²) in [5, 5.41) is 14.3. The second-order valence-electron chi connectivity index (χ2n) is 10.1. The highest BCUT2D eigenvalue weighted by atomic mass is 19.1. The molecule has 1 aromatic carbocycles. The number of rotatable bonds is 5. The number of para-hydroxylation sites is 1. The summed E-state index contributed by atoms with van der Waals surface area (Å²) in [4.78, 5) is 52.6. The summed E-state index contributed by atoms with van der Waals surface area (Å²) in [7, 11) is 0. The van der Waals surface area contributed by atoms with Gasteiger partial charge < -0.3 is 25.1 Å². The van der Waals surface area contributed by atoms with E-state index in [1.165, 1.54) is 24.3 Å². The zero-order valence-electron chi connectivity index (χ0n) is 22.6. The number of carbonyl (C=O) groups excluding carboxylic acids is 2. The molecule has 0 bridgehead atoms. The molecule has 210 valence electrons. The van der Waals surface area contributed by atoms with E-state index in [9.17, 15) is 23.9 Å². The predicted octanol–water partition coefficient (Wildman–Crippen LogP) is 2.19. The van der Waals surface area contributed by atoms with Crippen molar-refractivity contribution in [2.45, 2.75) is 32.7 Å². The number of benzene rings is 1. The minimum atomic E-state index is -0.739. The van der Waals surface area contributed by atoms with E-state index in [1.807, 2.05) is 4.90 Å². The fourth-order valence-electron chi connectivity index (χ4n) is 5.39. The van der Waals surface area contributed by atoms with Gasteiger partial charge in [0.2, 0.25) is 17.8 Å². The number of aromatic hydroxyl groups is 1. The monoisotopic (exact) mass is 549 g/mol. The lowest BCUT2D eigenvalue weighted by molar-refractivity contribution is -0.129. The second kappa shape index (κ2) is 10.9. The molecular weight excluding hydrogens is 517 g/mol. The molecule has 0 radical (unpaired) electrons. The van der Waals surface area contributed by atoms with Gasteiger partial charge in [-0.2, -0.15) is 4.98 Å². The number of hydrogen-bond donors (Lipinski definition) is 2. The van der Waals surface area contributed by atoms with Crippen molar-refractivity contribution in [1.29, 1.82) is 0 Å². The maximum Gasteiger partial charge on any atom is 0.282 e. The van der Waals surface area contributed by atoms with E-state index in [2.05, 4.69) is 16.9 Å². The third-order valence-corrected chi connectivity index (χ3v) is 7.57. The largest absolute Gasteiger partial charge is 0.506 e. The molecule has 2 aromatic heterocycles. The minimum absolute atomic E-state index is 0.00811. The Bertz CT molecular complexity index is 1520. The van der Waals surface area contributed by atoms with Crippen LogP contribution in [0.2, 0.25) is 0 Å². The molecule has 0 unspecified atom stereocenters. The number of halogens is 1. The molecule has 11 nitrogen and oxygen atoms in total. The van der Waals surface area contributed by atoms with E-state index < -0.39 is 11.4 Å². The molecular formula is C28H32FN7O4. The summed E-state index contributed by atoms with van der Waals surface area (Å²) in [6.07, 6.45) is 2.68. The molecule has 0 saturated carbocycles. The van der Waals surface area contributed by atoms with E-state index in [0.29, 0.717) is 69.0 Å². The van der Waals surface area contributed by atoms with Crippen LogP contribution in [0.3, 0.4) is 0 Å². The van der Waals surface area contributed by atoms with E-state index in [1.54, 1.807) is 29.7 Å². The summed E-state index contributed by atoms with van der Waals surface area (Å²) in [6, 6.07) is 5.58. The number of aryl methyl sites for hydroxylation is 1. The molecule has 2 aliphatic rings. The summed E-state index contributed by atoms with van der Waals surface area (Å²) in [5.41, 5.74) is -0.351. The number of fused-ring (bicyclic) bond motifs is 1. The number of phenols is 1. The molecule has 5 rings (SSSR count). The summed E-state index contributed by atoms with van der Waals surface area (Å²) >= 11 is 0. The van der Waals surface area contributed by atoms with Crippen LogP contribution in [0.1, 0.15) is 25.5 Å². The van der Waals surface area contributed by atoms with Gasteiger partial charge in [-0.25, -0.2) is 9.37 Å². The van der Waals surface area contributed by atoms with Crippen molar-refractivity contribution in [3.63, 3.8) is 0 Å². The van der Waals surface area contributed by atoms with Gasteiger partial charge in [-0.15, -0.1) is 0 Å². The van der Waals surface area contributed by atoms with Gasteiger partial charge in [-0.1, -0.05) is 12.6 Å². The van der Waals surface area contributed by atoms with E-state index in [0.717, 1.165) is 4.57 Å². The molecule has 2 amide bonds. The zero-order valence-corrected chi connectivity index (χ0v) is 22.6. The number of piperazine rings is 1. The van der Waals surface area contributed by atoms with Crippen LogP contribution in [0.15, 0.2) is 41.7 Å². The molecule has 0 atom stereocenters. The molecule has 2 N–H and O–H groups in total. The van der Waals surface area contributed by atoms with Crippen LogP contribution in [-0.4, -0.2) is 86.6 Å². The van der Waals surface area contributed by atoms with Crippen molar-refractivity contribution in [1.82, 2.24) is 24.3 Å². The molecule has 3 aromatic rings. The lowest BCUT2D eigenvalue weighted by Gasteiger charge is -2.36. The average molecular weight is 550 g/mol. The number of anilines is 2. The van der Waals surface area contributed by atoms with Gasteiger partial charge in [-0.3, -0.25) is 19.0 Å². The Morgan fingerprint density at radius 2 is 1.80 bits per heavy atom. The molecule has 4 heterocycles. The Morgan fingerprint density at radius 3 is 2.42 bits per heavy atom. The molecule has 2 saturated heterocycles. The molecule has 0 aliphatic carbocycles. The first-order valence-electron chi connectivity index (χ1n) is 13.3. The predicted molar refractivity (Wildman–Crippen MR) is 149 cm³/mol. The fourth-order valence-corrected chi connectivity index (χ4v) is 5.39. The number of likely N-dealkylation sites (tertiary alicyclic amines) is 1. The Labute approximate surface area is 230 Å². The SMILES string of the molecule is C=CC(=O)N1CCN(c2nc(NC3CCN(C(C)=O)CC3)nc3c(=O)n(-c4c(O)cccc4F)c(C)cc23)CC1. The highest BCUT2D eigenvalue weighted by Crippen LogP contribution is 2.30. The highest BCUT2D eigenvalue weighted by molar-refractivity contribution is 5.91. The number of phenolic OH excluding ortho intramolecular Hbond substituents is 1. The summed E-state index contributed by atoms with van der Waals surface area (Å²) in [6.45, 7) is 9.87. The minimum Gasteiger partial charge on any atom is -0.506 e. The number of piperidine rings is 1. The Balaban J connectivity index is 1.59.